The monoisotopic (exact) mass is 394 g/mol. The van der Waals surface area contributed by atoms with E-state index in [4.69, 9.17) is 4.74 Å². The van der Waals surface area contributed by atoms with E-state index in [1.165, 1.54) is 0 Å². The van der Waals surface area contributed by atoms with E-state index < -0.39 is 11.3 Å². The molecule has 3 rings (SSSR count). The van der Waals surface area contributed by atoms with Crippen molar-refractivity contribution in [2.45, 2.75) is 64.1 Å². The van der Waals surface area contributed by atoms with Crippen LogP contribution in [0.3, 0.4) is 0 Å². The number of rotatable bonds is 2. The zero-order valence-electron chi connectivity index (χ0n) is 17.4. The summed E-state index contributed by atoms with van der Waals surface area (Å²) in [6, 6.07) is 9.60. The van der Waals surface area contributed by atoms with Crippen molar-refractivity contribution in [2.75, 3.05) is 0 Å². The minimum Gasteiger partial charge on any atom is -0.460 e. The standard InChI is InChI=1S/C24H27FN2O2/c1-17-21(27-15-14-26-17)11-13-24(25)12-10-19(22(28)29-23(2,3)4)20(16-24)18-8-6-5-7-9-18/h5-9,14-15,19-20H,10,12,16H2,1-4H3/t19-,20+,24?/m1/s1. The molecule has 0 radical (unpaired) electrons. The number of hydrogen-bond acceptors (Lipinski definition) is 4. The molecule has 1 saturated carbocycles. The Hall–Kier alpha value is -2.74. The van der Waals surface area contributed by atoms with Crippen LogP contribution in [-0.4, -0.2) is 27.2 Å². The molecule has 0 aliphatic heterocycles. The van der Waals surface area contributed by atoms with Gasteiger partial charge in [-0.15, -0.1) is 0 Å². The maximum absolute atomic E-state index is 15.7. The van der Waals surface area contributed by atoms with Gasteiger partial charge in [0.05, 0.1) is 11.6 Å². The summed E-state index contributed by atoms with van der Waals surface area (Å²) in [6.07, 6.45) is 3.86. The molecule has 1 fully saturated rings. The molecule has 0 bridgehead atoms. The number of aryl methyl sites for hydroxylation is 1. The number of benzene rings is 1. The third-order valence-electron chi connectivity index (χ3n) is 5.10. The molecule has 1 unspecified atom stereocenters. The van der Waals surface area contributed by atoms with Crippen molar-refractivity contribution in [2.24, 2.45) is 5.92 Å². The van der Waals surface area contributed by atoms with Crippen LogP contribution in [0.1, 0.15) is 62.9 Å². The Bertz CT molecular complexity index is 927. The largest absolute Gasteiger partial charge is 0.460 e. The molecule has 4 nitrogen and oxygen atoms in total. The van der Waals surface area contributed by atoms with Gasteiger partial charge in [0.25, 0.3) is 0 Å². The van der Waals surface area contributed by atoms with Gasteiger partial charge in [-0.05, 0) is 52.0 Å². The molecule has 1 aliphatic carbocycles. The number of carbonyl (C=O) groups excluding carboxylic acids is 1. The van der Waals surface area contributed by atoms with Crippen LogP contribution in [0.2, 0.25) is 0 Å². The van der Waals surface area contributed by atoms with Crippen molar-refractivity contribution in [3.8, 4) is 11.8 Å². The van der Waals surface area contributed by atoms with Gasteiger partial charge >= 0.3 is 5.97 Å². The molecule has 0 N–H and O–H groups in total. The predicted molar refractivity (Wildman–Crippen MR) is 110 cm³/mol. The minimum absolute atomic E-state index is 0.146. The highest BCUT2D eigenvalue weighted by atomic mass is 19.1. The Balaban J connectivity index is 1.89. The van der Waals surface area contributed by atoms with Crippen molar-refractivity contribution in [3.63, 3.8) is 0 Å². The van der Waals surface area contributed by atoms with Crippen LogP contribution >= 0.6 is 0 Å². The average molecular weight is 394 g/mol. The number of hydrogen-bond donors (Lipinski definition) is 0. The normalized spacial score (nSPS) is 24.3. The van der Waals surface area contributed by atoms with Gasteiger partial charge in [-0.2, -0.15) is 0 Å². The molecule has 3 atom stereocenters. The lowest BCUT2D eigenvalue weighted by atomic mass is 9.70. The topological polar surface area (TPSA) is 52.1 Å². The lowest BCUT2D eigenvalue weighted by molar-refractivity contribution is -0.162. The molecule has 0 amide bonds. The Kier molecular flexibility index (Phi) is 6.02. The van der Waals surface area contributed by atoms with Crippen LogP contribution in [0.4, 0.5) is 4.39 Å². The predicted octanol–water partition coefficient (Wildman–Crippen LogP) is 4.77. The first-order valence-corrected chi connectivity index (χ1v) is 9.94. The van der Waals surface area contributed by atoms with E-state index in [2.05, 4.69) is 21.8 Å². The first kappa shape index (κ1) is 21.0. The second-order valence-corrected chi connectivity index (χ2v) is 8.61. The van der Waals surface area contributed by atoms with E-state index in [1.807, 2.05) is 51.1 Å². The molecule has 5 heteroatoms. The Morgan fingerprint density at radius 2 is 1.90 bits per heavy atom. The first-order valence-electron chi connectivity index (χ1n) is 9.94. The molecule has 152 valence electrons. The van der Waals surface area contributed by atoms with Gasteiger partial charge in [-0.3, -0.25) is 9.78 Å². The summed E-state index contributed by atoms with van der Waals surface area (Å²) in [5.74, 6) is 4.70. The van der Waals surface area contributed by atoms with E-state index in [0.29, 0.717) is 17.8 Å². The summed E-state index contributed by atoms with van der Waals surface area (Å²) in [7, 11) is 0. The molecular weight excluding hydrogens is 367 g/mol. The van der Waals surface area contributed by atoms with Crippen LogP contribution in [0.25, 0.3) is 0 Å². The highest BCUT2D eigenvalue weighted by molar-refractivity contribution is 5.74. The quantitative estimate of drug-likeness (QED) is 0.544. The summed E-state index contributed by atoms with van der Waals surface area (Å²) in [4.78, 5) is 21.2. The van der Waals surface area contributed by atoms with Crippen LogP contribution < -0.4 is 0 Å². The zero-order valence-corrected chi connectivity index (χ0v) is 17.4. The van der Waals surface area contributed by atoms with Gasteiger partial charge in [-0.25, -0.2) is 9.37 Å². The summed E-state index contributed by atoms with van der Waals surface area (Å²) in [5.41, 5.74) is -0.183. The number of carbonyl (C=O) groups is 1. The third-order valence-corrected chi connectivity index (χ3v) is 5.10. The van der Waals surface area contributed by atoms with Crippen molar-refractivity contribution >= 4 is 5.97 Å². The maximum atomic E-state index is 15.7. The molecule has 1 heterocycles. The number of nitrogens with zero attached hydrogens (tertiary/aromatic N) is 2. The molecule has 1 aliphatic rings. The minimum atomic E-state index is -1.69. The SMILES string of the molecule is Cc1nccnc1C#CC1(F)CC[C@@H](C(=O)OC(C)(C)C)[C@H](c2ccccc2)C1. The van der Waals surface area contributed by atoms with E-state index in [9.17, 15) is 4.79 Å². The summed E-state index contributed by atoms with van der Waals surface area (Å²) >= 11 is 0. The fraction of sp³-hybridized carbons (Fsp3) is 0.458. The van der Waals surface area contributed by atoms with Crippen molar-refractivity contribution in [1.29, 1.82) is 0 Å². The molecule has 1 aromatic carbocycles. The van der Waals surface area contributed by atoms with Gasteiger partial charge < -0.3 is 4.74 Å². The van der Waals surface area contributed by atoms with Crippen LogP contribution in [0, 0.1) is 24.7 Å². The molecule has 2 aromatic rings. The van der Waals surface area contributed by atoms with Crippen molar-refractivity contribution in [3.05, 3.63) is 59.7 Å². The lowest BCUT2D eigenvalue weighted by Crippen LogP contribution is -2.39. The Labute approximate surface area is 171 Å². The summed E-state index contributed by atoms with van der Waals surface area (Å²) < 4.78 is 21.4. The molecule has 29 heavy (non-hydrogen) atoms. The van der Waals surface area contributed by atoms with Gasteiger partial charge in [0.1, 0.15) is 11.3 Å². The van der Waals surface area contributed by atoms with Gasteiger partial charge in [-0.1, -0.05) is 36.3 Å². The summed E-state index contributed by atoms with van der Waals surface area (Å²) in [5, 5.41) is 0. The number of ether oxygens (including phenoxy) is 1. The van der Waals surface area contributed by atoms with E-state index in [-0.39, 0.29) is 30.6 Å². The van der Waals surface area contributed by atoms with Crippen molar-refractivity contribution < 1.29 is 13.9 Å². The highest BCUT2D eigenvalue weighted by Gasteiger charge is 2.45. The fourth-order valence-electron chi connectivity index (χ4n) is 3.70. The highest BCUT2D eigenvalue weighted by Crippen LogP contribution is 2.45. The zero-order chi connectivity index (χ0) is 21.1. The number of alkyl halides is 1. The second kappa shape index (κ2) is 8.32. The van der Waals surface area contributed by atoms with E-state index >= 15 is 4.39 Å². The number of halogens is 1. The molecule has 0 spiro atoms. The Morgan fingerprint density at radius 1 is 1.21 bits per heavy atom. The Morgan fingerprint density at radius 3 is 2.55 bits per heavy atom. The summed E-state index contributed by atoms with van der Waals surface area (Å²) in [6.45, 7) is 7.34. The third kappa shape index (κ3) is 5.41. The molecule has 0 saturated heterocycles. The van der Waals surface area contributed by atoms with Gasteiger partial charge in [0, 0.05) is 24.7 Å². The van der Waals surface area contributed by atoms with E-state index in [1.54, 1.807) is 19.3 Å². The van der Waals surface area contributed by atoms with Crippen LogP contribution in [0.15, 0.2) is 42.7 Å². The smallest absolute Gasteiger partial charge is 0.310 e. The number of esters is 1. The maximum Gasteiger partial charge on any atom is 0.310 e. The number of aromatic nitrogens is 2. The van der Waals surface area contributed by atoms with Crippen LogP contribution in [-0.2, 0) is 9.53 Å². The average Bonchev–Trinajstić information content (AvgIpc) is 2.66. The first-order chi connectivity index (χ1) is 13.7. The molecule has 1 aromatic heterocycles. The van der Waals surface area contributed by atoms with Gasteiger partial charge in [0.2, 0.25) is 0 Å². The van der Waals surface area contributed by atoms with E-state index in [0.717, 1.165) is 5.56 Å². The van der Waals surface area contributed by atoms with Crippen LogP contribution in [0.5, 0.6) is 0 Å². The molecular formula is C24H27FN2O2. The van der Waals surface area contributed by atoms with Crippen molar-refractivity contribution in [1.82, 2.24) is 9.97 Å². The second-order valence-electron chi connectivity index (χ2n) is 8.61. The fourth-order valence-corrected chi connectivity index (χ4v) is 3.70. The van der Waals surface area contributed by atoms with Gasteiger partial charge in [0.15, 0.2) is 5.67 Å². The lowest BCUT2D eigenvalue weighted by Gasteiger charge is -2.37.